The number of aliphatic hydroxyl groups is 1. The summed E-state index contributed by atoms with van der Waals surface area (Å²) >= 11 is 0. The quantitative estimate of drug-likeness (QED) is 0.775. The van der Waals surface area contributed by atoms with Gasteiger partial charge < -0.3 is 16.2 Å². The highest BCUT2D eigenvalue weighted by atomic mass is 35.5. The molecule has 0 bridgehead atoms. The first-order valence-electron chi connectivity index (χ1n) is 6.62. The zero-order valence-corrected chi connectivity index (χ0v) is 12.9. The maximum atomic E-state index is 12.2. The van der Waals surface area contributed by atoms with Gasteiger partial charge in [0.15, 0.2) is 0 Å². The number of halogens is 1. The average molecular weight is 299 g/mol. The van der Waals surface area contributed by atoms with Gasteiger partial charge in [-0.05, 0) is 16.5 Å². The molecule has 0 spiro atoms. The Hall–Kier alpha value is -1.10. The van der Waals surface area contributed by atoms with Crippen molar-refractivity contribution in [1.82, 2.24) is 5.32 Å². The summed E-state index contributed by atoms with van der Waals surface area (Å²) in [6.07, 6.45) is -0.000172. The molecule has 0 unspecified atom stereocenters. The molecule has 1 aliphatic carbocycles. The lowest BCUT2D eigenvalue weighted by Gasteiger charge is -2.28. The van der Waals surface area contributed by atoms with E-state index in [2.05, 4.69) is 5.32 Å². The maximum absolute atomic E-state index is 12.2. The first-order valence-corrected chi connectivity index (χ1v) is 6.62. The fraction of sp³-hybridized carbons (Fsp3) is 0.533. The zero-order chi connectivity index (χ0) is 14.2. The molecule has 112 valence electrons. The Kier molecular flexibility index (Phi) is 5.19. The van der Waals surface area contributed by atoms with Crippen LogP contribution >= 0.6 is 12.4 Å². The summed E-state index contributed by atoms with van der Waals surface area (Å²) in [7, 11) is 0. The molecule has 0 saturated carbocycles. The molecule has 0 aromatic heterocycles. The highest BCUT2D eigenvalue weighted by Gasteiger charge is 2.35. The minimum atomic E-state index is -0.590. The highest BCUT2D eigenvalue weighted by Crippen LogP contribution is 2.31. The minimum absolute atomic E-state index is 0. The van der Waals surface area contributed by atoms with Gasteiger partial charge in [-0.1, -0.05) is 45.0 Å². The Morgan fingerprint density at radius 3 is 2.60 bits per heavy atom. The molecular weight excluding hydrogens is 276 g/mol. The molecule has 4 N–H and O–H groups in total. The molecule has 5 heteroatoms. The lowest BCUT2D eigenvalue weighted by molar-refractivity contribution is -0.126. The molecular formula is C15H23ClN2O2. The first-order chi connectivity index (χ1) is 8.80. The summed E-state index contributed by atoms with van der Waals surface area (Å²) < 4.78 is 0. The number of hydrogen-bond acceptors (Lipinski definition) is 3. The SMILES string of the molecule is CC(C)(C)[C@H](N)C(=O)N[C@H]1c2ccccc2C[C@H]1O.Cl. The van der Waals surface area contributed by atoms with Crippen LogP contribution in [0.3, 0.4) is 0 Å². The van der Waals surface area contributed by atoms with Crippen molar-refractivity contribution in [3.63, 3.8) is 0 Å². The largest absolute Gasteiger partial charge is 0.390 e. The van der Waals surface area contributed by atoms with Crippen molar-refractivity contribution in [2.75, 3.05) is 0 Å². The second-order valence-corrected chi connectivity index (χ2v) is 6.30. The second-order valence-electron chi connectivity index (χ2n) is 6.30. The van der Waals surface area contributed by atoms with Crippen molar-refractivity contribution < 1.29 is 9.90 Å². The average Bonchev–Trinajstić information content (AvgIpc) is 2.64. The van der Waals surface area contributed by atoms with E-state index in [1.54, 1.807) is 0 Å². The first kappa shape index (κ1) is 17.0. The molecule has 0 fully saturated rings. The molecule has 1 aromatic rings. The van der Waals surface area contributed by atoms with Crippen molar-refractivity contribution in [3.05, 3.63) is 35.4 Å². The highest BCUT2D eigenvalue weighted by molar-refractivity contribution is 5.85. The Labute approximate surface area is 126 Å². The Morgan fingerprint density at radius 1 is 1.40 bits per heavy atom. The third-order valence-electron chi connectivity index (χ3n) is 3.72. The van der Waals surface area contributed by atoms with Crippen molar-refractivity contribution >= 4 is 18.3 Å². The van der Waals surface area contributed by atoms with E-state index in [0.29, 0.717) is 6.42 Å². The van der Waals surface area contributed by atoms with Crippen LogP contribution in [0.5, 0.6) is 0 Å². The minimum Gasteiger partial charge on any atom is -0.390 e. The fourth-order valence-corrected chi connectivity index (χ4v) is 2.38. The molecule has 2 rings (SSSR count). The number of carbonyl (C=O) groups is 1. The Morgan fingerprint density at radius 2 is 2.00 bits per heavy atom. The van der Waals surface area contributed by atoms with Gasteiger partial charge in [0, 0.05) is 6.42 Å². The predicted molar refractivity (Wildman–Crippen MR) is 81.7 cm³/mol. The number of aliphatic hydroxyl groups excluding tert-OH is 1. The van der Waals surface area contributed by atoms with Gasteiger partial charge in [-0.25, -0.2) is 0 Å². The van der Waals surface area contributed by atoms with Gasteiger partial charge in [-0.15, -0.1) is 12.4 Å². The monoisotopic (exact) mass is 298 g/mol. The van der Waals surface area contributed by atoms with Crippen LogP contribution in [-0.4, -0.2) is 23.2 Å². The van der Waals surface area contributed by atoms with Gasteiger partial charge in [-0.2, -0.15) is 0 Å². The van der Waals surface area contributed by atoms with Gasteiger partial charge in [0.2, 0.25) is 5.91 Å². The molecule has 0 aliphatic heterocycles. The van der Waals surface area contributed by atoms with Crippen LogP contribution in [0.2, 0.25) is 0 Å². The van der Waals surface area contributed by atoms with Crippen LogP contribution in [0, 0.1) is 5.41 Å². The van der Waals surface area contributed by atoms with Gasteiger partial charge in [-0.3, -0.25) is 4.79 Å². The summed E-state index contributed by atoms with van der Waals surface area (Å²) in [6, 6.07) is 6.84. The fourth-order valence-electron chi connectivity index (χ4n) is 2.38. The van der Waals surface area contributed by atoms with E-state index in [4.69, 9.17) is 5.73 Å². The van der Waals surface area contributed by atoms with Crippen LogP contribution in [0.4, 0.5) is 0 Å². The van der Waals surface area contributed by atoms with Crippen LogP contribution < -0.4 is 11.1 Å². The molecule has 0 heterocycles. The van der Waals surface area contributed by atoms with Gasteiger partial charge in [0.1, 0.15) is 0 Å². The van der Waals surface area contributed by atoms with E-state index in [0.717, 1.165) is 11.1 Å². The summed E-state index contributed by atoms with van der Waals surface area (Å²) in [5.41, 5.74) is 7.72. The third-order valence-corrected chi connectivity index (χ3v) is 3.72. The molecule has 0 radical (unpaired) electrons. The van der Waals surface area contributed by atoms with Crippen molar-refractivity contribution in [3.8, 4) is 0 Å². The molecule has 1 amide bonds. The summed E-state index contributed by atoms with van der Waals surface area (Å²) in [5.74, 6) is -0.215. The number of hydrogen-bond donors (Lipinski definition) is 3. The van der Waals surface area contributed by atoms with Crippen molar-refractivity contribution in [2.45, 2.75) is 45.4 Å². The normalized spacial score (nSPS) is 22.6. The van der Waals surface area contributed by atoms with E-state index in [-0.39, 0.29) is 29.8 Å². The van der Waals surface area contributed by atoms with E-state index in [1.165, 1.54) is 0 Å². The van der Waals surface area contributed by atoms with E-state index < -0.39 is 12.1 Å². The van der Waals surface area contributed by atoms with Crippen LogP contribution in [-0.2, 0) is 11.2 Å². The number of nitrogens with one attached hydrogen (secondary N) is 1. The third kappa shape index (κ3) is 3.32. The number of carbonyl (C=O) groups excluding carboxylic acids is 1. The summed E-state index contributed by atoms with van der Waals surface area (Å²) in [6.45, 7) is 5.78. The van der Waals surface area contributed by atoms with E-state index >= 15 is 0 Å². The number of benzene rings is 1. The number of amides is 1. The van der Waals surface area contributed by atoms with Crippen molar-refractivity contribution in [2.24, 2.45) is 11.1 Å². The van der Waals surface area contributed by atoms with Gasteiger partial charge in [0.25, 0.3) is 0 Å². The van der Waals surface area contributed by atoms with Gasteiger partial charge in [0.05, 0.1) is 18.2 Å². The second kappa shape index (κ2) is 6.12. The van der Waals surface area contributed by atoms with Crippen LogP contribution in [0.1, 0.15) is 37.9 Å². The van der Waals surface area contributed by atoms with Crippen LogP contribution in [0.15, 0.2) is 24.3 Å². The lowest BCUT2D eigenvalue weighted by atomic mass is 9.86. The smallest absolute Gasteiger partial charge is 0.238 e. The maximum Gasteiger partial charge on any atom is 0.238 e. The topological polar surface area (TPSA) is 75.4 Å². The van der Waals surface area contributed by atoms with Crippen LogP contribution in [0.25, 0.3) is 0 Å². The predicted octanol–water partition coefficient (Wildman–Crippen LogP) is 1.56. The molecule has 20 heavy (non-hydrogen) atoms. The standard InChI is InChI=1S/C15H22N2O2.ClH/c1-15(2,3)13(16)14(19)17-12-10-7-5-4-6-9(10)8-11(12)18;/h4-7,11-13,18H,8,16H2,1-3H3,(H,17,19);1H/t11-,12+,13-;/m1./s1. The van der Waals surface area contributed by atoms with E-state index in [1.807, 2.05) is 45.0 Å². The molecule has 3 atom stereocenters. The van der Waals surface area contributed by atoms with E-state index in [9.17, 15) is 9.90 Å². The summed E-state index contributed by atoms with van der Waals surface area (Å²) in [5, 5.41) is 13.0. The lowest BCUT2D eigenvalue weighted by Crippen LogP contribution is -2.50. The molecule has 0 saturated heterocycles. The number of nitrogens with two attached hydrogens (primary N) is 1. The summed E-state index contributed by atoms with van der Waals surface area (Å²) in [4.78, 5) is 12.2. The number of rotatable bonds is 2. The Balaban J connectivity index is 0.00000200. The zero-order valence-electron chi connectivity index (χ0n) is 12.1. The Bertz CT molecular complexity index is 485. The molecule has 1 aromatic carbocycles. The molecule has 4 nitrogen and oxygen atoms in total. The number of fused-ring (bicyclic) bond motifs is 1. The van der Waals surface area contributed by atoms with Crippen molar-refractivity contribution in [1.29, 1.82) is 0 Å². The van der Waals surface area contributed by atoms with Gasteiger partial charge >= 0.3 is 0 Å². The molecule has 1 aliphatic rings.